The molecule has 0 aromatic heterocycles. The first kappa shape index (κ1) is 31.9. The number of nitrogens with two attached hydrogens (primary N) is 1. The number of hydrogen-bond acceptors (Lipinski definition) is 6. The topological polar surface area (TPSA) is 124 Å². The Balaban J connectivity index is 0. The second kappa shape index (κ2) is 26.8. The van der Waals surface area contributed by atoms with Gasteiger partial charge in [-0.05, 0) is 6.42 Å². The summed E-state index contributed by atoms with van der Waals surface area (Å²) < 4.78 is 34.8. The lowest BCUT2D eigenvalue weighted by molar-refractivity contribution is -0.657. The third-order valence-corrected chi connectivity index (χ3v) is 5.35. The molecular formula is C22H49NO6S. The van der Waals surface area contributed by atoms with E-state index in [1.807, 2.05) is 5.32 Å². The van der Waals surface area contributed by atoms with E-state index in [1.54, 1.807) is 0 Å². The van der Waals surface area contributed by atoms with Crippen molar-refractivity contribution in [2.75, 3.05) is 32.9 Å². The molecule has 0 spiro atoms. The molecule has 0 atom stereocenters. The van der Waals surface area contributed by atoms with Crippen LogP contribution in [-0.2, 0) is 14.6 Å². The Morgan fingerprint density at radius 2 is 1.00 bits per heavy atom. The maximum atomic E-state index is 10.2. The van der Waals surface area contributed by atoms with Crippen LogP contribution in [0.25, 0.3) is 0 Å². The van der Waals surface area contributed by atoms with E-state index in [2.05, 4.69) is 11.1 Å². The van der Waals surface area contributed by atoms with Crippen molar-refractivity contribution in [3.05, 3.63) is 0 Å². The fourth-order valence-electron chi connectivity index (χ4n) is 3.14. The normalized spacial score (nSPS) is 11.3. The van der Waals surface area contributed by atoms with Crippen molar-refractivity contribution < 1.29 is 32.7 Å². The van der Waals surface area contributed by atoms with Crippen molar-refractivity contribution in [3.8, 4) is 0 Å². The smallest absolute Gasteiger partial charge is 0.217 e. The molecule has 0 aliphatic carbocycles. The molecular weight excluding hydrogens is 406 g/mol. The third-order valence-electron chi connectivity index (χ3n) is 4.89. The molecule has 0 aliphatic heterocycles. The second-order valence-electron chi connectivity index (χ2n) is 7.85. The minimum absolute atomic E-state index is 0.0320. The van der Waals surface area contributed by atoms with Crippen molar-refractivity contribution in [2.45, 2.75) is 110 Å². The van der Waals surface area contributed by atoms with Gasteiger partial charge in [0.25, 0.3) is 0 Å². The van der Waals surface area contributed by atoms with Crippen molar-refractivity contribution in [3.63, 3.8) is 0 Å². The summed E-state index contributed by atoms with van der Waals surface area (Å²) in [6, 6.07) is 0. The minimum atomic E-state index is -4.49. The zero-order chi connectivity index (χ0) is 22.8. The van der Waals surface area contributed by atoms with Gasteiger partial charge < -0.3 is 20.1 Å². The SMILES string of the molecule is CCCCCCCCCCCCCCCCCCOS(=O)(=O)[O-].OCC[NH2+]CCO. The van der Waals surface area contributed by atoms with E-state index in [0.29, 0.717) is 19.5 Å². The van der Waals surface area contributed by atoms with E-state index in [4.69, 9.17) is 10.2 Å². The van der Waals surface area contributed by atoms with Crippen molar-refractivity contribution >= 4 is 10.4 Å². The molecule has 0 fully saturated rings. The van der Waals surface area contributed by atoms with Gasteiger partial charge in [-0.3, -0.25) is 4.18 Å². The molecule has 0 radical (unpaired) electrons. The summed E-state index contributed by atoms with van der Waals surface area (Å²) in [5.74, 6) is 0. The molecule has 0 heterocycles. The van der Waals surface area contributed by atoms with Gasteiger partial charge in [0.05, 0.1) is 32.9 Å². The molecule has 0 aromatic rings. The zero-order valence-corrected chi connectivity index (χ0v) is 20.2. The minimum Gasteiger partial charge on any atom is -0.726 e. The van der Waals surface area contributed by atoms with Crippen LogP contribution >= 0.6 is 0 Å². The van der Waals surface area contributed by atoms with E-state index in [0.717, 1.165) is 12.8 Å². The summed E-state index contributed by atoms with van der Waals surface area (Å²) in [4.78, 5) is 0. The molecule has 0 saturated carbocycles. The number of hydrogen-bond donors (Lipinski definition) is 3. The summed E-state index contributed by atoms with van der Waals surface area (Å²) in [6.07, 6.45) is 20.3. The fraction of sp³-hybridized carbons (Fsp3) is 1.00. The number of aliphatic hydroxyl groups is 2. The van der Waals surface area contributed by atoms with Gasteiger partial charge in [0.1, 0.15) is 0 Å². The Labute approximate surface area is 185 Å². The molecule has 0 saturated heterocycles. The van der Waals surface area contributed by atoms with Crippen LogP contribution in [0, 0.1) is 0 Å². The Bertz CT molecular complexity index is 402. The average Bonchev–Trinajstić information content (AvgIpc) is 2.70. The largest absolute Gasteiger partial charge is 0.726 e. The third kappa shape index (κ3) is 35.2. The van der Waals surface area contributed by atoms with E-state index in [-0.39, 0.29) is 19.8 Å². The Morgan fingerprint density at radius 3 is 1.30 bits per heavy atom. The monoisotopic (exact) mass is 455 g/mol. The van der Waals surface area contributed by atoms with Crippen LogP contribution in [0.1, 0.15) is 110 Å². The van der Waals surface area contributed by atoms with Crippen LogP contribution in [0.15, 0.2) is 0 Å². The van der Waals surface area contributed by atoms with Crippen molar-refractivity contribution in [2.24, 2.45) is 0 Å². The second-order valence-corrected chi connectivity index (χ2v) is 8.90. The van der Waals surface area contributed by atoms with E-state index in [1.165, 1.54) is 83.5 Å². The molecule has 0 aliphatic rings. The van der Waals surface area contributed by atoms with Crippen LogP contribution in [0.4, 0.5) is 0 Å². The van der Waals surface area contributed by atoms with Gasteiger partial charge in [0, 0.05) is 0 Å². The lowest BCUT2D eigenvalue weighted by Gasteiger charge is -2.07. The molecule has 0 rings (SSSR count). The maximum absolute atomic E-state index is 10.2. The molecule has 0 unspecified atom stereocenters. The molecule has 0 aromatic carbocycles. The van der Waals surface area contributed by atoms with Crippen LogP contribution in [0.3, 0.4) is 0 Å². The Hall–Kier alpha value is -0.250. The molecule has 30 heavy (non-hydrogen) atoms. The standard InChI is InChI=1S/C18H38O4S.C4H11NO2/c1-2-3-4-5-6-7-8-9-10-11-12-13-14-15-16-17-18-22-23(19,20)21;6-3-1-5-2-4-7/h2-18H2,1H3,(H,19,20,21);5-7H,1-4H2. The van der Waals surface area contributed by atoms with Crippen LogP contribution in [0.2, 0.25) is 0 Å². The summed E-state index contributed by atoms with van der Waals surface area (Å²) in [5.41, 5.74) is 0. The molecule has 7 nitrogen and oxygen atoms in total. The lowest BCUT2D eigenvalue weighted by Crippen LogP contribution is -2.85. The highest BCUT2D eigenvalue weighted by atomic mass is 32.3. The summed E-state index contributed by atoms with van der Waals surface area (Å²) in [7, 11) is -4.49. The first-order chi connectivity index (χ1) is 14.5. The van der Waals surface area contributed by atoms with Gasteiger partial charge in [-0.1, -0.05) is 103 Å². The van der Waals surface area contributed by atoms with E-state index >= 15 is 0 Å². The number of rotatable bonds is 22. The highest BCUT2D eigenvalue weighted by Crippen LogP contribution is 2.13. The van der Waals surface area contributed by atoms with Crippen molar-refractivity contribution in [1.29, 1.82) is 0 Å². The lowest BCUT2D eigenvalue weighted by atomic mass is 10.0. The number of aliphatic hydroxyl groups excluding tert-OH is 2. The first-order valence-corrected chi connectivity index (χ1v) is 13.4. The molecule has 4 N–H and O–H groups in total. The quantitative estimate of drug-likeness (QED) is 0.131. The van der Waals surface area contributed by atoms with Crippen LogP contribution in [-0.4, -0.2) is 56.1 Å². The van der Waals surface area contributed by atoms with Gasteiger partial charge >= 0.3 is 0 Å². The average molecular weight is 456 g/mol. The highest BCUT2D eigenvalue weighted by Gasteiger charge is 1.96. The molecule has 0 bridgehead atoms. The Kier molecular flexibility index (Phi) is 28.5. The van der Waals surface area contributed by atoms with E-state index < -0.39 is 10.4 Å². The molecule has 184 valence electrons. The van der Waals surface area contributed by atoms with Gasteiger partial charge in [0.15, 0.2) is 0 Å². The van der Waals surface area contributed by atoms with Crippen LogP contribution < -0.4 is 5.32 Å². The zero-order valence-electron chi connectivity index (χ0n) is 19.4. The van der Waals surface area contributed by atoms with Gasteiger partial charge in [-0.2, -0.15) is 0 Å². The molecule has 8 heteroatoms. The summed E-state index contributed by atoms with van der Waals surface area (Å²) in [5, 5.41) is 18.2. The van der Waals surface area contributed by atoms with Crippen LogP contribution in [0.5, 0.6) is 0 Å². The summed E-state index contributed by atoms with van der Waals surface area (Å²) >= 11 is 0. The van der Waals surface area contributed by atoms with Crippen molar-refractivity contribution in [1.82, 2.24) is 0 Å². The van der Waals surface area contributed by atoms with E-state index in [9.17, 15) is 13.0 Å². The Morgan fingerprint density at radius 1 is 0.667 bits per heavy atom. The summed E-state index contributed by atoms with van der Waals surface area (Å²) in [6.45, 7) is 4.07. The maximum Gasteiger partial charge on any atom is 0.217 e. The highest BCUT2D eigenvalue weighted by molar-refractivity contribution is 7.80. The predicted molar refractivity (Wildman–Crippen MR) is 121 cm³/mol. The fourth-order valence-corrected chi connectivity index (χ4v) is 3.46. The number of unbranched alkanes of at least 4 members (excludes halogenated alkanes) is 15. The van der Waals surface area contributed by atoms with Gasteiger partial charge in [-0.15, -0.1) is 0 Å². The van der Waals surface area contributed by atoms with Gasteiger partial charge in [0.2, 0.25) is 10.4 Å². The van der Waals surface area contributed by atoms with Gasteiger partial charge in [-0.25, -0.2) is 8.42 Å². The number of quaternary nitrogens is 1. The molecule has 0 amide bonds. The predicted octanol–water partition coefficient (Wildman–Crippen LogP) is 3.26. The first-order valence-electron chi connectivity index (χ1n) is 12.1.